The second-order valence-corrected chi connectivity index (χ2v) is 7.54. The Kier molecular flexibility index (Phi) is 4.03. The number of benzene rings is 2. The number of aromatic amines is 1. The summed E-state index contributed by atoms with van der Waals surface area (Å²) in [5.74, 6) is -1.22. The van der Waals surface area contributed by atoms with Crippen molar-refractivity contribution >= 4 is 5.65 Å². The van der Waals surface area contributed by atoms with Gasteiger partial charge in [-0.1, -0.05) is 12.1 Å². The number of H-pyrrole nitrogens is 1. The molecule has 4 aromatic rings. The predicted molar refractivity (Wildman–Crippen MR) is 108 cm³/mol. The lowest BCUT2D eigenvalue weighted by Crippen LogP contribution is -2.19. The third-order valence-electron chi connectivity index (χ3n) is 5.51. The Morgan fingerprint density at radius 2 is 1.90 bits per heavy atom. The number of aromatic nitrogens is 3. The minimum Gasteiger partial charge on any atom is -0.339 e. The van der Waals surface area contributed by atoms with Crippen molar-refractivity contribution in [3.8, 4) is 28.5 Å². The Morgan fingerprint density at radius 1 is 1.17 bits per heavy atom. The Bertz CT molecular complexity index is 1410. The molecule has 0 spiro atoms. The van der Waals surface area contributed by atoms with E-state index >= 15 is 0 Å². The molecule has 2 heterocycles. The van der Waals surface area contributed by atoms with Gasteiger partial charge in [-0.25, -0.2) is 8.78 Å². The van der Waals surface area contributed by atoms with Crippen LogP contribution < -0.4 is 5.56 Å². The van der Waals surface area contributed by atoms with E-state index in [9.17, 15) is 13.6 Å². The molecule has 1 N–H and O–H groups in total. The SMILES string of the molecule is Cc1c(-c2ccc(C#N)cc2)[nH]c2c(-c3ccc(F)cc3F)c(C3CC3)nn2c1=O. The standard InChI is InChI=1S/C23H16F2N4O/c1-12-20(14-4-2-13(11-26)3-5-14)27-22-19(17-9-8-16(24)10-18(17)25)21(15-6-7-15)28-29(22)23(12)30/h2-5,8-10,15,27H,6-7H2,1H3. The summed E-state index contributed by atoms with van der Waals surface area (Å²) in [6.07, 6.45) is 1.82. The van der Waals surface area contributed by atoms with Crippen LogP contribution in [0.3, 0.4) is 0 Å². The molecule has 0 radical (unpaired) electrons. The molecule has 0 bridgehead atoms. The molecule has 148 valence electrons. The zero-order valence-corrected chi connectivity index (χ0v) is 16.0. The minimum atomic E-state index is -0.701. The van der Waals surface area contributed by atoms with Crippen molar-refractivity contribution in [1.29, 1.82) is 5.26 Å². The molecule has 1 saturated carbocycles. The molecule has 7 heteroatoms. The number of hydrogen-bond donors (Lipinski definition) is 1. The third-order valence-corrected chi connectivity index (χ3v) is 5.51. The number of nitrogens with zero attached hydrogens (tertiary/aromatic N) is 3. The van der Waals surface area contributed by atoms with E-state index < -0.39 is 11.6 Å². The summed E-state index contributed by atoms with van der Waals surface area (Å²) in [7, 11) is 0. The Morgan fingerprint density at radius 3 is 2.53 bits per heavy atom. The van der Waals surface area contributed by atoms with Gasteiger partial charge >= 0.3 is 0 Å². The normalized spacial score (nSPS) is 13.5. The van der Waals surface area contributed by atoms with Gasteiger partial charge in [0.1, 0.15) is 17.3 Å². The predicted octanol–water partition coefficient (Wildman–Crippen LogP) is 4.69. The number of nitrogens with one attached hydrogen (secondary N) is 1. The van der Waals surface area contributed by atoms with Crippen LogP contribution in [0.5, 0.6) is 0 Å². The average molecular weight is 402 g/mol. The molecule has 0 unspecified atom stereocenters. The molecular formula is C23H16F2N4O. The van der Waals surface area contributed by atoms with Crippen molar-refractivity contribution in [2.45, 2.75) is 25.7 Å². The summed E-state index contributed by atoms with van der Waals surface area (Å²) in [5, 5.41) is 13.5. The highest BCUT2D eigenvalue weighted by Crippen LogP contribution is 2.45. The average Bonchev–Trinajstić information content (AvgIpc) is 3.52. The highest BCUT2D eigenvalue weighted by molar-refractivity contribution is 5.82. The van der Waals surface area contributed by atoms with Gasteiger partial charge < -0.3 is 4.98 Å². The molecule has 2 aromatic heterocycles. The number of nitriles is 1. The van der Waals surface area contributed by atoms with Gasteiger partial charge in [-0.15, -0.1) is 0 Å². The molecule has 1 aliphatic rings. The first kappa shape index (κ1) is 18.3. The second-order valence-electron chi connectivity index (χ2n) is 7.54. The number of halogens is 2. The smallest absolute Gasteiger partial charge is 0.277 e. The maximum absolute atomic E-state index is 14.7. The van der Waals surface area contributed by atoms with Crippen molar-refractivity contribution in [1.82, 2.24) is 14.6 Å². The lowest BCUT2D eigenvalue weighted by molar-refractivity contribution is 0.585. The topological polar surface area (TPSA) is 73.9 Å². The zero-order chi connectivity index (χ0) is 21.0. The molecule has 5 rings (SSSR count). The fourth-order valence-corrected chi connectivity index (χ4v) is 3.78. The van der Waals surface area contributed by atoms with Gasteiger partial charge in [-0.3, -0.25) is 4.79 Å². The monoisotopic (exact) mass is 402 g/mol. The van der Waals surface area contributed by atoms with Crippen LogP contribution >= 0.6 is 0 Å². The van der Waals surface area contributed by atoms with E-state index in [4.69, 9.17) is 5.26 Å². The molecule has 30 heavy (non-hydrogen) atoms. The molecule has 0 aliphatic heterocycles. The van der Waals surface area contributed by atoms with Crippen LogP contribution in [0.25, 0.3) is 28.0 Å². The van der Waals surface area contributed by atoms with Crippen LogP contribution in [-0.4, -0.2) is 14.6 Å². The Hall–Kier alpha value is -3.79. The molecule has 0 atom stereocenters. The van der Waals surface area contributed by atoms with Crippen molar-refractivity contribution in [3.63, 3.8) is 0 Å². The van der Waals surface area contributed by atoms with E-state index in [1.54, 1.807) is 31.2 Å². The van der Waals surface area contributed by atoms with Crippen LogP contribution in [0.1, 0.15) is 35.6 Å². The summed E-state index contributed by atoms with van der Waals surface area (Å²) in [4.78, 5) is 16.4. The zero-order valence-electron chi connectivity index (χ0n) is 16.0. The summed E-state index contributed by atoms with van der Waals surface area (Å²) in [6.45, 7) is 1.70. The molecule has 2 aromatic carbocycles. The van der Waals surface area contributed by atoms with Gasteiger partial charge in [-0.2, -0.15) is 14.9 Å². The first-order valence-corrected chi connectivity index (χ1v) is 9.59. The number of rotatable bonds is 3. The van der Waals surface area contributed by atoms with Gasteiger partial charge in [0.15, 0.2) is 0 Å². The van der Waals surface area contributed by atoms with E-state index in [1.165, 1.54) is 16.6 Å². The van der Waals surface area contributed by atoms with Crippen LogP contribution in [0, 0.1) is 29.9 Å². The quantitative estimate of drug-likeness (QED) is 0.540. The van der Waals surface area contributed by atoms with Crippen molar-refractivity contribution in [2.24, 2.45) is 0 Å². The van der Waals surface area contributed by atoms with Gasteiger partial charge in [0.05, 0.1) is 28.6 Å². The van der Waals surface area contributed by atoms with Crippen molar-refractivity contribution in [3.05, 3.63) is 81.3 Å². The van der Waals surface area contributed by atoms with E-state index in [0.29, 0.717) is 33.7 Å². The molecule has 0 amide bonds. The lowest BCUT2D eigenvalue weighted by Gasteiger charge is -2.09. The summed E-state index contributed by atoms with van der Waals surface area (Å²) in [6, 6.07) is 12.3. The van der Waals surface area contributed by atoms with Gasteiger partial charge in [0.25, 0.3) is 5.56 Å². The highest BCUT2D eigenvalue weighted by Gasteiger charge is 2.33. The highest BCUT2D eigenvalue weighted by atomic mass is 19.1. The largest absolute Gasteiger partial charge is 0.339 e. The number of fused-ring (bicyclic) bond motifs is 1. The van der Waals surface area contributed by atoms with Gasteiger partial charge in [-0.05, 0) is 49.6 Å². The molecule has 0 saturated heterocycles. The van der Waals surface area contributed by atoms with Crippen LogP contribution in [0.4, 0.5) is 8.78 Å². The fraction of sp³-hybridized carbons (Fsp3) is 0.174. The van der Waals surface area contributed by atoms with Crippen molar-refractivity contribution < 1.29 is 8.78 Å². The second kappa shape index (κ2) is 6.63. The maximum Gasteiger partial charge on any atom is 0.277 e. The first-order chi connectivity index (χ1) is 14.5. The van der Waals surface area contributed by atoms with Crippen LogP contribution in [0.2, 0.25) is 0 Å². The summed E-state index contributed by atoms with van der Waals surface area (Å²) in [5.41, 5.74) is 3.67. The third kappa shape index (κ3) is 2.80. The van der Waals surface area contributed by atoms with E-state index in [2.05, 4.69) is 16.2 Å². The van der Waals surface area contributed by atoms with Gasteiger partial charge in [0.2, 0.25) is 0 Å². The van der Waals surface area contributed by atoms with E-state index in [1.807, 2.05) is 0 Å². The summed E-state index contributed by atoms with van der Waals surface area (Å²) < 4.78 is 29.5. The fourth-order valence-electron chi connectivity index (χ4n) is 3.78. The molecule has 1 fully saturated rings. The Balaban J connectivity index is 1.82. The number of hydrogen-bond acceptors (Lipinski definition) is 3. The van der Waals surface area contributed by atoms with Crippen LogP contribution in [-0.2, 0) is 0 Å². The maximum atomic E-state index is 14.7. The summed E-state index contributed by atoms with van der Waals surface area (Å²) >= 11 is 0. The Labute approximate surface area is 170 Å². The first-order valence-electron chi connectivity index (χ1n) is 9.59. The molecule has 1 aliphatic carbocycles. The van der Waals surface area contributed by atoms with Crippen molar-refractivity contribution in [2.75, 3.05) is 0 Å². The van der Waals surface area contributed by atoms with E-state index in [0.717, 1.165) is 24.5 Å². The molecular weight excluding hydrogens is 386 g/mol. The van der Waals surface area contributed by atoms with E-state index in [-0.39, 0.29) is 17.0 Å². The lowest BCUT2D eigenvalue weighted by atomic mass is 10.0. The molecule has 5 nitrogen and oxygen atoms in total. The minimum absolute atomic E-state index is 0.149. The van der Waals surface area contributed by atoms with Gasteiger partial charge in [0, 0.05) is 23.1 Å². The van der Waals surface area contributed by atoms with Crippen LogP contribution in [0.15, 0.2) is 47.3 Å².